The van der Waals surface area contributed by atoms with Gasteiger partial charge in [0.2, 0.25) is 11.6 Å². The molecule has 0 saturated heterocycles. The molecule has 1 saturated carbocycles. The zero-order chi connectivity index (χ0) is 24.0. The van der Waals surface area contributed by atoms with E-state index in [4.69, 9.17) is 0 Å². The van der Waals surface area contributed by atoms with Gasteiger partial charge in [0.15, 0.2) is 6.04 Å². The van der Waals surface area contributed by atoms with E-state index in [1.54, 1.807) is 0 Å². The van der Waals surface area contributed by atoms with Crippen molar-refractivity contribution in [3.63, 3.8) is 0 Å². The summed E-state index contributed by atoms with van der Waals surface area (Å²) in [4.78, 5) is 36.8. The van der Waals surface area contributed by atoms with Crippen molar-refractivity contribution in [1.82, 2.24) is 5.32 Å². The Morgan fingerprint density at radius 3 is 2.53 bits per heavy atom. The summed E-state index contributed by atoms with van der Waals surface area (Å²) in [5.74, 6) is -2.71. The predicted molar refractivity (Wildman–Crippen MR) is 120 cm³/mol. The maximum Gasteiger partial charge on any atom is 0.328 e. The smallest absolute Gasteiger partial charge is 0.328 e. The number of allylic oxidation sites excluding steroid dienone is 4. The van der Waals surface area contributed by atoms with Gasteiger partial charge in [-0.1, -0.05) is 32.4 Å². The fraction of sp³-hybridized carbons (Fsp3) is 0.640. The molecule has 0 aromatic rings. The Bertz CT molecular complexity index is 929. The third-order valence-corrected chi connectivity index (χ3v) is 8.53. The number of carbonyl (C=O) groups is 3. The van der Waals surface area contributed by atoms with Crippen molar-refractivity contribution in [2.24, 2.45) is 22.7 Å². The molecule has 7 nitrogen and oxygen atoms in total. The molecule has 1 fully saturated rings. The SMILES string of the molecule is CC1=CCC[C@H]2[C@](C)(CC3=C(O)C(N[C@H](C(=O)O)C(C)O)=CC(=O)C3=O)[C@@H](C)CC[C@]12C. The van der Waals surface area contributed by atoms with E-state index < -0.39 is 35.4 Å². The molecule has 0 amide bonds. The molecule has 1 unspecified atom stereocenters. The number of fused-ring (bicyclic) bond motifs is 1. The molecule has 32 heavy (non-hydrogen) atoms. The van der Waals surface area contributed by atoms with E-state index in [0.29, 0.717) is 5.92 Å². The van der Waals surface area contributed by atoms with Gasteiger partial charge in [-0.05, 0) is 68.6 Å². The minimum atomic E-state index is -1.43. The van der Waals surface area contributed by atoms with Gasteiger partial charge < -0.3 is 20.6 Å². The number of carboxylic acid groups (broad SMARTS) is 1. The number of Topliss-reactive ketones (excluding diaryl/α,β-unsaturated/α-hetero) is 1. The molecule has 0 bridgehead atoms. The van der Waals surface area contributed by atoms with Gasteiger partial charge in [-0.15, -0.1) is 0 Å². The van der Waals surface area contributed by atoms with Crippen LogP contribution < -0.4 is 5.32 Å². The number of hydrogen-bond donors (Lipinski definition) is 4. The Balaban J connectivity index is 2.00. The number of rotatable bonds is 6. The molecule has 6 atom stereocenters. The van der Waals surface area contributed by atoms with E-state index in [-0.39, 0.29) is 34.4 Å². The second-order valence-electron chi connectivity index (χ2n) is 10.3. The minimum absolute atomic E-state index is 0.00898. The van der Waals surface area contributed by atoms with Crippen LogP contribution in [0.2, 0.25) is 0 Å². The number of ketones is 2. The Hall–Kier alpha value is -2.41. The van der Waals surface area contributed by atoms with E-state index in [1.165, 1.54) is 12.5 Å². The van der Waals surface area contributed by atoms with Gasteiger partial charge in [0, 0.05) is 11.6 Å². The summed E-state index contributed by atoms with van der Waals surface area (Å²) in [5.41, 5.74) is 0.947. The molecule has 0 aliphatic heterocycles. The highest BCUT2D eigenvalue weighted by Crippen LogP contribution is 2.62. The third-order valence-electron chi connectivity index (χ3n) is 8.53. The van der Waals surface area contributed by atoms with Gasteiger partial charge in [0.05, 0.1) is 11.8 Å². The summed E-state index contributed by atoms with van der Waals surface area (Å²) < 4.78 is 0. The molecule has 4 N–H and O–H groups in total. The van der Waals surface area contributed by atoms with Crippen molar-refractivity contribution in [3.05, 3.63) is 34.8 Å². The van der Waals surface area contributed by atoms with Gasteiger partial charge in [-0.3, -0.25) is 9.59 Å². The first kappa shape index (κ1) is 24.2. The first-order valence-corrected chi connectivity index (χ1v) is 11.4. The monoisotopic (exact) mass is 445 g/mol. The highest BCUT2D eigenvalue weighted by molar-refractivity contribution is 6.48. The van der Waals surface area contributed by atoms with Crippen molar-refractivity contribution in [3.8, 4) is 0 Å². The molecule has 3 rings (SSSR count). The summed E-state index contributed by atoms with van der Waals surface area (Å²) in [6.07, 6.45) is 6.18. The van der Waals surface area contributed by atoms with E-state index in [0.717, 1.165) is 31.8 Å². The maximum atomic E-state index is 12.8. The molecule has 0 spiro atoms. The summed E-state index contributed by atoms with van der Waals surface area (Å²) in [6, 6.07) is -1.43. The molecule has 0 aromatic heterocycles. The standard InChI is InChI=1S/C25H35NO6/c1-13-7-6-8-19-24(13,4)10-9-14(2)25(19,5)12-16-21(29)17(11-18(28)22(16)30)26-20(15(3)27)23(31)32/h7,11,14-15,19-20,26-27,29H,6,8-10,12H2,1-5H3,(H,31,32)/t14-,15?,19+,20-,24+,25+/m0/s1. The zero-order valence-electron chi connectivity index (χ0n) is 19.6. The molecule has 7 heteroatoms. The molecule has 0 radical (unpaired) electrons. The second kappa shape index (κ2) is 8.50. The van der Waals surface area contributed by atoms with Crippen LogP contribution in [0.3, 0.4) is 0 Å². The predicted octanol–water partition coefficient (Wildman–Crippen LogP) is 3.45. The Morgan fingerprint density at radius 2 is 1.94 bits per heavy atom. The first-order chi connectivity index (χ1) is 14.8. The Labute approximate surface area is 189 Å². The number of aliphatic hydroxyl groups is 2. The fourth-order valence-electron chi connectivity index (χ4n) is 6.10. The van der Waals surface area contributed by atoms with Crippen LogP contribution in [0.25, 0.3) is 0 Å². The summed E-state index contributed by atoms with van der Waals surface area (Å²) >= 11 is 0. The van der Waals surface area contributed by atoms with Gasteiger partial charge in [-0.25, -0.2) is 4.79 Å². The number of carboxylic acids is 1. The zero-order valence-corrected chi connectivity index (χ0v) is 19.6. The van der Waals surface area contributed by atoms with E-state index in [1.807, 2.05) is 0 Å². The normalized spacial score (nSPS) is 34.9. The second-order valence-corrected chi connectivity index (χ2v) is 10.3. The lowest BCUT2D eigenvalue weighted by molar-refractivity contribution is -0.141. The quantitative estimate of drug-likeness (QED) is 0.280. The van der Waals surface area contributed by atoms with Gasteiger partial charge in [0.1, 0.15) is 5.76 Å². The Kier molecular flexibility index (Phi) is 6.44. The van der Waals surface area contributed by atoms with Crippen LogP contribution in [-0.4, -0.2) is 45.0 Å². The summed E-state index contributed by atoms with van der Waals surface area (Å²) in [5, 5.41) is 32.6. The van der Waals surface area contributed by atoms with Gasteiger partial charge in [-0.2, -0.15) is 0 Å². The van der Waals surface area contributed by atoms with Gasteiger partial charge in [0.25, 0.3) is 0 Å². The topological polar surface area (TPSA) is 124 Å². The minimum Gasteiger partial charge on any atom is -0.505 e. The van der Waals surface area contributed by atoms with Crippen molar-refractivity contribution < 1.29 is 29.7 Å². The van der Waals surface area contributed by atoms with Crippen LogP contribution in [0.15, 0.2) is 34.8 Å². The maximum absolute atomic E-state index is 12.8. The van der Waals surface area contributed by atoms with Crippen LogP contribution in [0.4, 0.5) is 0 Å². The number of carbonyl (C=O) groups excluding carboxylic acids is 2. The van der Waals surface area contributed by atoms with Crippen molar-refractivity contribution in [2.75, 3.05) is 0 Å². The lowest BCUT2D eigenvalue weighted by Crippen LogP contribution is -2.50. The van der Waals surface area contributed by atoms with Crippen LogP contribution in [-0.2, 0) is 14.4 Å². The van der Waals surface area contributed by atoms with Crippen molar-refractivity contribution in [2.45, 2.75) is 78.9 Å². The van der Waals surface area contributed by atoms with Crippen molar-refractivity contribution in [1.29, 1.82) is 0 Å². The number of aliphatic carboxylic acids is 1. The molecule has 3 aliphatic carbocycles. The average Bonchev–Trinajstić information content (AvgIpc) is 2.71. The molecule has 0 heterocycles. The highest BCUT2D eigenvalue weighted by atomic mass is 16.4. The number of hydrogen-bond acceptors (Lipinski definition) is 6. The lowest BCUT2D eigenvalue weighted by atomic mass is 9.46. The Morgan fingerprint density at radius 1 is 1.28 bits per heavy atom. The van der Waals surface area contributed by atoms with E-state index in [2.05, 4.69) is 39.1 Å². The molecular formula is C25H35NO6. The lowest BCUT2D eigenvalue weighted by Gasteiger charge is -2.58. The summed E-state index contributed by atoms with van der Waals surface area (Å²) in [7, 11) is 0. The molecule has 0 aromatic carbocycles. The first-order valence-electron chi connectivity index (χ1n) is 11.4. The fourth-order valence-corrected chi connectivity index (χ4v) is 6.10. The highest BCUT2D eigenvalue weighted by Gasteiger charge is 2.54. The summed E-state index contributed by atoms with van der Waals surface area (Å²) in [6.45, 7) is 10.1. The van der Waals surface area contributed by atoms with E-state index >= 15 is 0 Å². The van der Waals surface area contributed by atoms with Crippen LogP contribution >= 0.6 is 0 Å². The molecule has 176 valence electrons. The van der Waals surface area contributed by atoms with Crippen LogP contribution in [0, 0.1) is 22.7 Å². The molecular weight excluding hydrogens is 410 g/mol. The van der Waals surface area contributed by atoms with Crippen LogP contribution in [0.1, 0.15) is 66.7 Å². The van der Waals surface area contributed by atoms with E-state index in [9.17, 15) is 29.7 Å². The third kappa shape index (κ3) is 3.91. The average molecular weight is 446 g/mol. The largest absolute Gasteiger partial charge is 0.505 e. The molecule has 3 aliphatic rings. The van der Waals surface area contributed by atoms with Crippen LogP contribution in [0.5, 0.6) is 0 Å². The van der Waals surface area contributed by atoms with Crippen molar-refractivity contribution >= 4 is 17.5 Å². The number of aliphatic hydroxyl groups excluding tert-OH is 2. The number of nitrogens with one attached hydrogen (secondary N) is 1. The van der Waals surface area contributed by atoms with Gasteiger partial charge >= 0.3 is 5.97 Å².